The third-order valence-electron chi connectivity index (χ3n) is 6.80. The van der Waals surface area contributed by atoms with Crippen molar-refractivity contribution in [2.75, 3.05) is 11.1 Å². The summed E-state index contributed by atoms with van der Waals surface area (Å²) in [5.41, 5.74) is -2.47. The van der Waals surface area contributed by atoms with Gasteiger partial charge < -0.3 is 10.4 Å². The van der Waals surface area contributed by atoms with E-state index in [2.05, 4.69) is 10.4 Å². The molecular weight excluding hydrogens is 439 g/mol. The smallest absolute Gasteiger partial charge is 0.379 e. The first-order valence-electron chi connectivity index (χ1n) is 10.3. The fourth-order valence-electron chi connectivity index (χ4n) is 5.20. The Kier molecular flexibility index (Phi) is 4.66. The standard InChI is InChI=1S/C23H22F3N3O2S/c1-21-9-10-32-17-8-4-6-14(18(17)21)19(22(31,12-21)23(24,25)26)28-16-7-3-5-13-15(16)11-27-29(2)20(13)30/h3-8,11,19,28,31H,9-10,12H2,1-2H3. The molecule has 0 fully saturated rings. The maximum Gasteiger partial charge on any atom is 0.419 e. The van der Waals surface area contributed by atoms with Gasteiger partial charge in [-0.1, -0.05) is 25.1 Å². The number of hydrogen-bond acceptors (Lipinski definition) is 5. The van der Waals surface area contributed by atoms with Crippen molar-refractivity contribution >= 4 is 28.2 Å². The van der Waals surface area contributed by atoms with Crippen LogP contribution in [-0.4, -0.2) is 32.4 Å². The molecule has 0 saturated carbocycles. The zero-order valence-corrected chi connectivity index (χ0v) is 18.3. The van der Waals surface area contributed by atoms with Gasteiger partial charge in [0.25, 0.3) is 5.56 Å². The highest BCUT2D eigenvalue weighted by Gasteiger charge is 2.65. The van der Waals surface area contributed by atoms with Gasteiger partial charge in [0.15, 0.2) is 5.60 Å². The van der Waals surface area contributed by atoms with E-state index in [-0.39, 0.29) is 5.56 Å². The maximum atomic E-state index is 14.4. The van der Waals surface area contributed by atoms with Gasteiger partial charge in [0.1, 0.15) is 0 Å². The molecule has 0 bridgehead atoms. The van der Waals surface area contributed by atoms with Gasteiger partial charge in [0.2, 0.25) is 0 Å². The Morgan fingerprint density at radius 2 is 1.97 bits per heavy atom. The van der Waals surface area contributed by atoms with Crippen LogP contribution in [0.3, 0.4) is 0 Å². The predicted octanol–water partition coefficient (Wildman–Crippen LogP) is 4.54. The summed E-state index contributed by atoms with van der Waals surface area (Å²) in [6.45, 7) is 1.81. The number of benzene rings is 2. The van der Waals surface area contributed by atoms with Crippen molar-refractivity contribution < 1.29 is 18.3 Å². The lowest BCUT2D eigenvalue weighted by Crippen LogP contribution is -2.59. The number of nitrogens with one attached hydrogen (secondary N) is 1. The number of thioether (sulfide) groups is 1. The Hall–Kier alpha value is -2.52. The molecule has 0 saturated heterocycles. The fourth-order valence-corrected chi connectivity index (χ4v) is 6.66. The minimum atomic E-state index is -4.86. The highest BCUT2D eigenvalue weighted by Crippen LogP contribution is 2.59. The van der Waals surface area contributed by atoms with Crippen molar-refractivity contribution in [1.82, 2.24) is 9.78 Å². The number of anilines is 1. The molecule has 5 nitrogen and oxygen atoms in total. The average Bonchev–Trinajstić information content (AvgIpc) is 2.73. The number of fused-ring (bicyclic) bond motifs is 1. The largest absolute Gasteiger partial charge is 0.419 e. The van der Waals surface area contributed by atoms with Crippen LogP contribution in [0.4, 0.5) is 18.9 Å². The minimum absolute atomic E-state index is 0.324. The molecule has 2 heterocycles. The second kappa shape index (κ2) is 6.99. The first kappa shape index (κ1) is 21.3. The Bertz CT molecular complexity index is 1290. The van der Waals surface area contributed by atoms with E-state index in [1.807, 2.05) is 13.0 Å². The van der Waals surface area contributed by atoms with E-state index in [0.29, 0.717) is 34.2 Å². The lowest BCUT2D eigenvalue weighted by Gasteiger charge is -2.52. The monoisotopic (exact) mass is 461 g/mol. The molecule has 1 aliphatic carbocycles. The van der Waals surface area contributed by atoms with Crippen LogP contribution in [0.25, 0.3) is 10.8 Å². The molecule has 2 aromatic carbocycles. The zero-order valence-electron chi connectivity index (χ0n) is 17.5. The van der Waals surface area contributed by atoms with Crippen LogP contribution in [0, 0.1) is 0 Å². The van der Waals surface area contributed by atoms with E-state index < -0.39 is 29.7 Å². The summed E-state index contributed by atoms with van der Waals surface area (Å²) in [5.74, 6) is 0.706. The topological polar surface area (TPSA) is 67.2 Å². The van der Waals surface area contributed by atoms with Gasteiger partial charge in [-0.2, -0.15) is 18.3 Å². The van der Waals surface area contributed by atoms with E-state index in [0.717, 1.165) is 10.5 Å². The van der Waals surface area contributed by atoms with E-state index in [4.69, 9.17) is 0 Å². The summed E-state index contributed by atoms with van der Waals surface area (Å²) >= 11 is 1.63. The molecule has 1 aliphatic heterocycles. The van der Waals surface area contributed by atoms with Crippen LogP contribution in [-0.2, 0) is 12.5 Å². The third kappa shape index (κ3) is 2.97. The molecule has 32 heavy (non-hydrogen) atoms. The first-order valence-corrected chi connectivity index (χ1v) is 11.3. The molecule has 9 heteroatoms. The van der Waals surface area contributed by atoms with Crippen molar-refractivity contribution in [3.63, 3.8) is 0 Å². The summed E-state index contributed by atoms with van der Waals surface area (Å²) in [6, 6.07) is 8.74. The van der Waals surface area contributed by atoms with Crippen molar-refractivity contribution in [1.29, 1.82) is 0 Å². The van der Waals surface area contributed by atoms with Gasteiger partial charge >= 0.3 is 6.18 Å². The molecule has 3 unspecified atom stereocenters. The Labute approximate surface area is 186 Å². The molecule has 0 radical (unpaired) electrons. The number of alkyl halides is 3. The number of nitrogens with zero attached hydrogens (tertiary/aromatic N) is 2. The van der Waals surface area contributed by atoms with Gasteiger partial charge in [-0.3, -0.25) is 4.79 Å². The molecule has 0 amide bonds. The second-order valence-corrected chi connectivity index (χ2v) is 10.0. The van der Waals surface area contributed by atoms with Crippen LogP contribution in [0.5, 0.6) is 0 Å². The van der Waals surface area contributed by atoms with E-state index >= 15 is 0 Å². The van der Waals surface area contributed by atoms with Crippen molar-refractivity contribution in [2.45, 2.75) is 47.9 Å². The van der Waals surface area contributed by atoms with Gasteiger partial charge in [-0.25, -0.2) is 4.68 Å². The average molecular weight is 462 g/mol. The highest BCUT2D eigenvalue weighted by molar-refractivity contribution is 7.99. The quantitative estimate of drug-likeness (QED) is 0.587. The van der Waals surface area contributed by atoms with E-state index in [9.17, 15) is 23.1 Å². The highest BCUT2D eigenvalue weighted by atomic mass is 32.2. The zero-order chi connectivity index (χ0) is 22.9. The summed E-state index contributed by atoms with van der Waals surface area (Å²) in [7, 11) is 1.51. The number of hydrogen-bond donors (Lipinski definition) is 2. The van der Waals surface area contributed by atoms with Gasteiger partial charge in [-0.05, 0) is 53.3 Å². The fraction of sp³-hybridized carbons (Fsp3) is 0.391. The summed E-state index contributed by atoms with van der Waals surface area (Å²) in [5, 5.41) is 19.0. The number of aliphatic hydroxyl groups is 1. The summed E-state index contributed by atoms with van der Waals surface area (Å²) in [6.07, 6.45) is -3.28. The van der Waals surface area contributed by atoms with Gasteiger partial charge in [-0.15, -0.1) is 11.8 Å². The number of aromatic nitrogens is 2. The third-order valence-corrected chi connectivity index (χ3v) is 7.86. The predicted molar refractivity (Wildman–Crippen MR) is 118 cm³/mol. The molecule has 168 valence electrons. The molecule has 0 spiro atoms. The Morgan fingerprint density at radius 1 is 1.22 bits per heavy atom. The molecule has 3 aromatic rings. The second-order valence-electron chi connectivity index (χ2n) is 8.90. The number of aryl methyl sites for hydroxylation is 1. The van der Waals surface area contributed by atoms with Gasteiger partial charge in [0, 0.05) is 23.0 Å². The lowest BCUT2D eigenvalue weighted by molar-refractivity contribution is -0.276. The minimum Gasteiger partial charge on any atom is -0.379 e. The van der Waals surface area contributed by atoms with Gasteiger partial charge in [0.05, 0.1) is 17.6 Å². The van der Waals surface area contributed by atoms with E-state index in [1.54, 1.807) is 42.1 Å². The van der Waals surface area contributed by atoms with Crippen molar-refractivity contribution in [3.8, 4) is 0 Å². The Morgan fingerprint density at radius 3 is 2.72 bits per heavy atom. The van der Waals surface area contributed by atoms with Crippen LogP contribution in [0.1, 0.15) is 36.9 Å². The van der Waals surface area contributed by atoms with Crippen molar-refractivity contribution in [2.24, 2.45) is 7.05 Å². The summed E-state index contributed by atoms with van der Waals surface area (Å²) in [4.78, 5) is 13.4. The summed E-state index contributed by atoms with van der Waals surface area (Å²) < 4.78 is 44.5. The van der Waals surface area contributed by atoms with E-state index in [1.165, 1.54) is 17.9 Å². The maximum absolute atomic E-state index is 14.4. The first-order chi connectivity index (χ1) is 15.1. The Balaban J connectivity index is 1.73. The van der Waals surface area contributed by atoms with Crippen LogP contribution in [0.2, 0.25) is 0 Å². The molecule has 5 rings (SSSR count). The normalized spacial score (nSPS) is 27.2. The van der Waals surface area contributed by atoms with Crippen molar-refractivity contribution in [3.05, 3.63) is 64.1 Å². The number of halogens is 3. The molecule has 3 atom stereocenters. The molecule has 2 N–H and O–H groups in total. The SMILES string of the molecule is Cn1ncc2c(NC3c4cccc5c4C(C)(CCS5)CC3(O)C(F)(F)F)cccc2c1=O. The molecular formula is C23H22F3N3O2S. The number of rotatable bonds is 2. The van der Waals surface area contributed by atoms with Crippen LogP contribution < -0.4 is 10.9 Å². The lowest BCUT2D eigenvalue weighted by atomic mass is 9.61. The molecule has 1 aromatic heterocycles. The van der Waals surface area contributed by atoms with Crippen LogP contribution >= 0.6 is 11.8 Å². The molecule has 2 aliphatic rings. The van der Waals surface area contributed by atoms with Crippen LogP contribution in [0.15, 0.2) is 52.3 Å².